The lowest BCUT2D eigenvalue weighted by molar-refractivity contribution is -1.08. The summed E-state index contributed by atoms with van der Waals surface area (Å²) < 4.78 is 3.93. The Balaban J connectivity index is 0.00000316. The molecule has 6 aliphatic rings. The largest absolute Gasteiger partial charge is 1.00 e. The number of thiazole rings is 1. The molecule has 1 N–H and O–H groups in total. The fourth-order valence-electron chi connectivity index (χ4n) is 7.73. The smallest absolute Gasteiger partial charge is 0.277 e. The van der Waals surface area contributed by atoms with Crippen molar-refractivity contribution in [3.8, 4) is 0 Å². The number of amides is 2. The molecule has 0 aromatic carbocycles. The van der Waals surface area contributed by atoms with Gasteiger partial charge in [0.25, 0.3) is 5.91 Å². The summed E-state index contributed by atoms with van der Waals surface area (Å²) in [5.74, 6) is -2.18. The molecule has 5 fully saturated rings. The van der Waals surface area contributed by atoms with Crippen molar-refractivity contribution >= 4 is 61.7 Å². The van der Waals surface area contributed by atoms with Crippen LogP contribution in [0.25, 0.3) is 9.53 Å². The predicted molar refractivity (Wildman–Crippen MR) is 154 cm³/mol. The Morgan fingerprint density at radius 2 is 1.79 bits per heavy atom. The van der Waals surface area contributed by atoms with Crippen molar-refractivity contribution in [3.05, 3.63) is 21.5 Å². The number of β-lactam (4-membered cyclic amide) rings is 1. The molecule has 8 rings (SSSR count). The summed E-state index contributed by atoms with van der Waals surface area (Å²) in [5, 5.41) is 22.1. The lowest BCUT2D eigenvalue weighted by Crippen LogP contribution is -3.00. The summed E-state index contributed by atoms with van der Waals surface area (Å²) in [5.41, 5.74) is 0.866. The highest BCUT2D eigenvalue weighted by molar-refractivity contribution is 8.04. The van der Waals surface area contributed by atoms with E-state index in [1.807, 2.05) is 6.92 Å². The van der Waals surface area contributed by atoms with Gasteiger partial charge >= 0.3 is 0 Å². The number of thiophene rings is 1. The van der Waals surface area contributed by atoms with E-state index in [0.29, 0.717) is 17.4 Å². The number of carboxylic acids is 1. The van der Waals surface area contributed by atoms with Crippen molar-refractivity contribution in [2.75, 3.05) is 58.9 Å². The zero-order chi connectivity index (χ0) is 28.7. The lowest BCUT2D eigenvalue weighted by atomic mass is 9.79. The van der Waals surface area contributed by atoms with Crippen LogP contribution in [0.3, 0.4) is 0 Å². The number of aliphatic carboxylic acids is 1. The average molecular weight is 654 g/mol. The van der Waals surface area contributed by atoms with E-state index < -0.39 is 18.0 Å². The molecule has 14 heteroatoms. The third kappa shape index (κ3) is 4.89. The van der Waals surface area contributed by atoms with Gasteiger partial charge in [-0.25, -0.2) is 4.98 Å². The van der Waals surface area contributed by atoms with E-state index in [0.717, 1.165) is 94.6 Å². The van der Waals surface area contributed by atoms with E-state index in [-0.39, 0.29) is 36.0 Å². The number of thioether (sulfide) groups is 1. The fraction of sp³-hybridized carbons (Fsp3) is 0.643. The van der Waals surface area contributed by atoms with Gasteiger partial charge in [-0.15, -0.1) is 11.3 Å². The van der Waals surface area contributed by atoms with Crippen LogP contribution < -0.4 is 17.5 Å². The number of piperazine rings is 3. The lowest BCUT2D eigenvalue weighted by Gasteiger charge is -2.55. The van der Waals surface area contributed by atoms with Crippen LogP contribution in [0, 0.1) is 11.8 Å². The van der Waals surface area contributed by atoms with E-state index in [2.05, 4.69) is 11.0 Å². The Morgan fingerprint density at radius 1 is 1.14 bits per heavy atom. The monoisotopic (exact) mass is 653 g/mol. The minimum Gasteiger partial charge on any atom is -1.00 e. The van der Waals surface area contributed by atoms with Crippen molar-refractivity contribution in [3.63, 3.8) is 0 Å². The molecule has 42 heavy (non-hydrogen) atoms. The summed E-state index contributed by atoms with van der Waals surface area (Å²) in [6.45, 7) is 13.5. The van der Waals surface area contributed by atoms with Gasteiger partial charge in [0.1, 0.15) is 49.8 Å². The molecule has 10 nitrogen and oxygen atoms in total. The van der Waals surface area contributed by atoms with Crippen LogP contribution in [0.1, 0.15) is 31.6 Å². The second-order valence-corrected chi connectivity index (χ2v) is 16.3. The molecule has 8 heterocycles. The van der Waals surface area contributed by atoms with Gasteiger partial charge in [0.15, 0.2) is 10.9 Å². The van der Waals surface area contributed by atoms with E-state index >= 15 is 0 Å². The zero-order valence-corrected chi connectivity index (χ0v) is 27.0. The maximum Gasteiger partial charge on any atom is 0.277 e. The first-order valence-electron chi connectivity index (χ1n) is 14.6. The number of aliphatic hydroxyl groups is 1. The Bertz CT molecular complexity index is 1410. The number of carbonyl (C=O) groups excluding carboxylic acids is 3. The number of quaternary nitrogens is 2. The van der Waals surface area contributed by atoms with Crippen molar-refractivity contribution in [2.24, 2.45) is 11.8 Å². The summed E-state index contributed by atoms with van der Waals surface area (Å²) in [6, 6.07) is 1.83. The fourth-order valence-corrected chi connectivity index (χ4v) is 11.7. The predicted octanol–water partition coefficient (Wildman–Crippen LogP) is -1.94. The minimum absolute atomic E-state index is 0. The summed E-state index contributed by atoms with van der Waals surface area (Å²) >= 11 is 4.65. The number of hydrogen-bond donors (Lipinski definition) is 1. The van der Waals surface area contributed by atoms with Crippen LogP contribution in [0.2, 0.25) is 0 Å². The van der Waals surface area contributed by atoms with Crippen LogP contribution in [-0.4, -0.2) is 118 Å². The molecule has 0 unspecified atom stereocenters. The number of likely N-dealkylation sites (tertiary alicyclic amines) is 1. The molecule has 2 aromatic heterocycles. The van der Waals surface area contributed by atoms with Crippen LogP contribution in [-0.2, 0) is 20.9 Å². The first-order valence-corrected chi connectivity index (χ1v) is 17.1. The van der Waals surface area contributed by atoms with Gasteiger partial charge in [0.2, 0.25) is 5.91 Å². The third-order valence-electron chi connectivity index (χ3n) is 10.2. The molecule has 0 saturated carbocycles. The zero-order valence-electron chi connectivity index (χ0n) is 23.8. The van der Waals surface area contributed by atoms with Gasteiger partial charge in [0, 0.05) is 23.9 Å². The van der Waals surface area contributed by atoms with Gasteiger partial charge in [-0.2, -0.15) is 0 Å². The molecule has 0 radical (unpaired) electrons. The quantitative estimate of drug-likeness (QED) is 0.261. The number of carboxylic acid groups (broad SMARTS) is 1. The minimum atomic E-state index is -1.36. The van der Waals surface area contributed by atoms with E-state index in [4.69, 9.17) is 4.98 Å². The SMILES string of the molecule is C[C@@H](O)[C@H]1C(=O)N2C(C(=O)[O-])=C(Sc3nc4cc(C[N+]56CC[N+](CC(=O)N7CCCC7)(CC5)CC6)sc4s3)[C@H](C)[C@H]12.[Cl-]. The Morgan fingerprint density at radius 3 is 2.38 bits per heavy atom. The van der Waals surface area contributed by atoms with Gasteiger partial charge in [-0.1, -0.05) is 30.0 Å². The molecule has 2 amide bonds. The number of rotatable bonds is 8. The molecule has 2 aromatic rings. The van der Waals surface area contributed by atoms with Crippen LogP contribution in [0.4, 0.5) is 0 Å². The first kappa shape index (κ1) is 30.3. The highest BCUT2D eigenvalue weighted by Crippen LogP contribution is 2.52. The second-order valence-electron chi connectivity index (χ2n) is 12.7. The van der Waals surface area contributed by atoms with Crippen molar-refractivity contribution in [1.82, 2.24) is 14.8 Å². The molecular formula is C28H36ClN5O5S3. The number of aliphatic hydroxyl groups excluding tert-OH is 1. The molecule has 6 aliphatic heterocycles. The molecule has 5 saturated heterocycles. The van der Waals surface area contributed by atoms with Crippen LogP contribution in [0.15, 0.2) is 21.0 Å². The Hall–Kier alpha value is -1.74. The summed E-state index contributed by atoms with van der Waals surface area (Å²) in [6.07, 6.45) is 1.45. The number of fused-ring (bicyclic) bond motifs is 5. The van der Waals surface area contributed by atoms with E-state index in [1.165, 1.54) is 21.5 Å². The molecule has 0 spiro atoms. The highest BCUT2D eigenvalue weighted by Gasteiger charge is 2.59. The average Bonchev–Trinajstić information content (AvgIpc) is 3.70. The third-order valence-corrected chi connectivity index (χ3v) is 13.8. The number of halogens is 1. The van der Waals surface area contributed by atoms with Gasteiger partial charge in [-0.05, 0) is 25.8 Å². The number of aromatic nitrogens is 1. The standard InChI is InChI=1S/C28H36N5O5S3.ClH/c1-16-22-21(17(2)34)25(36)31(22)23(26(37)38)24(16)40-28-29-19-13-18(39-27(19)41-28)14-32-7-10-33(11-8-32,12-9-32)15-20(35)30-5-3-4-6-30;/h13,16-17,21-22,34H,3-12,14-15H2,1-2H3;1H/q+1;/p-1/t16-,17-,21-,22-,32?,33?;/m1./s1. The Labute approximate surface area is 263 Å². The summed E-state index contributed by atoms with van der Waals surface area (Å²) in [4.78, 5) is 47.6. The second kappa shape index (κ2) is 11.0. The van der Waals surface area contributed by atoms with E-state index in [1.54, 1.807) is 29.6 Å². The van der Waals surface area contributed by atoms with Crippen molar-refractivity contribution < 1.29 is 46.0 Å². The number of carbonyl (C=O) groups is 3. The molecular weight excluding hydrogens is 618 g/mol. The number of nitrogens with zero attached hydrogens (tertiary/aromatic N) is 5. The highest BCUT2D eigenvalue weighted by atomic mass is 35.5. The maximum absolute atomic E-state index is 12.9. The molecule has 2 bridgehead atoms. The van der Waals surface area contributed by atoms with Crippen LogP contribution >= 0.6 is 34.4 Å². The Kier molecular flexibility index (Phi) is 7.94. The molecule has 0 aliphatic carbocycles. The normalized spacial score (nSPS) is 32.7. The van der Waals surface area contributed by atoms with E-state index in [9.17, 15) is 24.6 Å². The molecule has 4 atom stereocenters. The number of hydrogen-bond acceptors (Lipinski definition) is 9. The maximum atomic E-state index is 12.9. The van der Waals surface area contributed by atoms with Gasteiger partial charge in [-0.3, -0.25) is 9.59 Å². The summed E-state index contributed by atoms with van der Waals surface area (Å²) in [7, 11) is 0. The topological polar surface area (TPSA) is 114 Å². The van der Waals surface area contributed by atoms with Gasteiger partial charge < -0.3 is 46.2 Å². The van der Waals surface area contributed by atoms with Gasteiger partial charge in [0.05, 0.1) is 40.1 Å². The first-order chi connectivity index (χ1) is 19.6. The van der Waals surface area contributed by atoms with Crippen molar-refractivity contribution in [2.45, 2.75) is 49.7 Å². The molecule has 228 valence electrons. The van der Waals surface area contributed by atoms with Crippen molar-refractivity contribution in [1.29, 1.82) is 0 Å². The van der Waals surface area contributed by atoms with Crippen LogP contribution in [0.5, 0.6) is 0 Å².